The first-order valence-electron chi connectivity index (χ1n) is 6.91. The minimum absolute atomic E-state index is 0.0205. The predicted molar refractivity (Wildman–Crippen MR) is 81.8 cm³/mol. The van der Waals surface area contributed by atoms with E-state index in [4.69, 9.17) is 17.3 Å². The van der Waals surface area contributed by atoms with Crippen molar-refractivity contribution < 1.29 is 4.21 Å². The molecule has 1 saturated carbocycles. The van der Waals surface area contributed by atoms with Crippen molar-refractivity contribution in [3.63, 3.8) is 0 Å². The number of hydrogen-bond acceptors (Lipinski definition) is 2. The monoisotopic (exact) mass is 299 g/mol. The van der Waals surface area contributed by atoms with E-state index in [2.05, 4.69) is 13.8 Å². The van der Waals surface area contributed by atoms with Crippen LogP contribution in [0.4, 0.5) is 0 Å². The maximum absolute atomic E-state index is 12.7. The molecule has 0 radical (unpaired) electrons. The second-order valence-electron chi connectivity index (χ2n) is 5.75. The van der Waals surface area contributed by atoms with Crippen molar-refractivity contribution in [2.45, 2.75) is 49.3 Å². The van der Waals surface area contributed by atoms with Gasteiger partial charge in [0.05, 0.1) is 26.0 Å². The van der Waals surface area contributed by atoms with Crippen molar-refractivity contribution in [2.24, 2.45) is 17.6 Å². The van der Waals surface area contributed by atoms with Crippen LogP contribution in [0.25, 0.3) is 0 Å². The summed E-state index contributed by atoms with van der Waals surface area (Å²) in [5.74, 6) is 1.24. The Labute approximate surface area is 123 Å². The van der Waals surface area contributed by atoms with Crippen molar-refractivity contribution in [3.05, 3.63) is 29.3 Å². The maximum atomic E-state index is 12.7. The lowest BCUT2D eigenvalue weighted by molar-refractivity contribution is 0.264. The van der Waals surface area contributed by atoms with Gasteiger partial charge in [-0.3, -0.25) is 4.21 Å². The molecule has 2 N–H and O–H groups in total. The van der Waals surface area contributed by atoms with E-state index in [-0.39, 0.29) is 11.3 Å². The lowest BCUT2D eigenvalue weighted by atomic mass is 9.79. The van der Waals surface area contributed by atoms with E-state index < -0.39 is 10.8 Å². The minimum Gasteiger partial charge on any atom is -0.327 e. The zero-order valence-corrected chi connectivity index (χ0v) is 13.1. The summed E-state index contributed by atoms with van der Waals surface area (Å²) in [6, 6.07) is 7.41. The smallest absolute Gasteiger partial charge is 0.0591 e. The predicted octanol–water partition coefficient (Wildman–Crippen LogP) is 3.60. The zero-order valence-electron chi connectivity index (χ0n) is 11.5. The van der Waals surface area contributed by atoms with Gasteiger partial charge in [-0.1, -0.05) is 37.6 Å². The van der Waals surface area contributed by atoms with Gasteiger partial charge in [-0.2, -0.15) is 0 Å². The fourth-order valence-electron chi connectivity index (χ4n) is 2.81. The second kappa shape index (κ2) is 6.38. The van der Waals surface area contributed by atoms with Crippen LogP contribution >= 0.6 is 11.6 Å². The SMILES string of the molecule is CC(C)C1CCC(N)C(S(=O)c2ccccc2Cl)C1. The van der Waals surface area contributed by atoms with Gasteiger partial charge in [0.1, 0.15) is 0 Å². The molecule has 0 heterocycles. The number of nitrogens with two attached hydrogens (primary N) is 1. The van der Waals surface area contributed by atoms with E-state index in [0.717, 1.165) is 24.2 Å². The molecule has 0 amide bonds. The van der Waals surface area contributed by atoms with Crippen LogP contribution in [0, 0.1) is 11.8 Å². The molecular weight excluding hydrogens is 278 g/mol. The van der Waals surface area contributed by atoms with Gasteiger partial charge >= 0.3 is 0 Å². The average molecular weight is 300 g/mol. The van der Waals surface area contributed by atoms with Crippen LogP contribution in [0.3, 0.4) is 0 Å². The van der Waals surface area contributed by atoms with Gasteiger partial charge in [0.2, 0.25) is 0 Å². The first kappa shape index (κ1) is 15.0. The van der Waals surface area contributed by atoms with Gasteiger partial charge in [-0.05, 0) is 43.2 Å². The van der Waals surface area contributed by atoms with Gasteiger partial charge < -0.3 is 5.73 Å². The molecule has 1 aliphatic carbocycles. The summed E-state index contributed by atoms with van der Waals surface area (Å²) in [5.41, 5.74) is 6.19. The van der Waals surface area contributed by atoms with E-state index in [1.54, 1.807) is 6.07 Å². The first-order chi connectivity index (χ1) is 9.00. The molecule has 0 aliphatic heterocycles. The second-order valence-corrected chi connectivity index (χ2v) is 7.79. The van der Waals surface area contributed by atoms with Crippen LogP contribution in [0.15, 0.2) is 29.2 Å². The molecule has 2 rings (SSSR count). The van der Waals surface area contributed by atoms with Crippen molar-refractivity contribution in [1.82, 2.24) is 0 Å². The third-order valence-electron chi connectivity index (χ3n) is 4.15. The van der Waals surface area contributed by atoms with Crippen molar-refractivity contribution >= 4 is 22.4 Å². The highest BCUT2D eigenvalue weighted by atomic mass is 35.5. The number of hydrogen-bond donors (Lipinski definition) is 1. The third-order valence-corrected chi connectivity index (χ3v) is 6.48. The molecule has 19 heavy (non-hydrogen) atoms. The fraction of sp³-hybridized carbons (Fsp3) is 0.600. The summed E-state index contributed by atoms with van der Waals surface area (Å²) in [6.07, 6.45) is 3.05. The molecule has 1 aromatic carbocycles. The summed E-state index contributed by atoms with van der Waals surface area (Å²) in [6.45, 7) is 4.47. The van der Waals surface area contributed by atoms with Gasteiger partial charge in [0, 0.05) is 6.04 Å². The van der Waals surface area contributed by atoms with Crippen LogP contribution in [0.5, 0.6) is 0 Å². The summed E-state index contributed by atoms with van der Waals surface area (Å²) in [7, 11) is -1.11. The number of halogens is 1. The van der Waals surface area contributed by atoms with Crippen LogP contribution in [0.2, 0.25) is 5.02 Å². The molecule has 4 unspecified atom stereocenters. The van der Waals surface area contributed by atoms with E-state index >= 15 is 0 Å². The number of rotatable bonds is 3. The Balaban J connectivity index is 2.19. The molecular formula is C15H22ClNOS. The Morgan fingerprint density at radius 2 is 2.00 bits per heavy atom. The molecule has 0 saturated heterocycles. The molecule has 0 aromatic heterocycles. The Morgan fingerprint density at radius 1 is 1.32 bits per heavy atom. The normalized spacial score (nSPS) is 29.4. The average Bonchev–Trinajstić information content (AvgIpc) is 2.38. The summed E-state index contributed by atoms with van der Waals surface area (Å²) < 4.78 is 12.7. The Kier molecular flexibility index (Phi) is 5.04. The van der Waals surface area contributed by atoms with E-state index in [1.807, 2.05) is 18.2 Å². The first-order valence-corrected chi connectivity index (χ1v) is 8.50. The minimum atomic E-state index is -1.11. The standard InChI is InChI=1S/C15H22ClNOS/c1-10(2)11-7-8-13(17)15(9-11)19(18)14-6-4-3-5-12(14)16/h3-6,10-11,13,15H,7-9,17H2,1-2H3. The van der Waals surface area contributed by atoms with Crippen molar-refractivity contribution in [2.75, 3.05) is 0 Å². The zero-order chi connectivity index (χ0) is 14.0. The van der Waals surface area contributed by atoms with Gasteiger partial charge in [-0.25, -0.2) is 0 Å². The maximum Gasteiger partial charge on any atom is 0.0591 e. The molecule has 106 valence electrons. The summed E-state index contributed by atoms with van der Waals surface area (Å²) in [5, 5.41) is 0.612. The topological polar surface area (TPSA) is 43.1 Å². The highest BCUT2D eigenvalue weighted by Gasteiger charge is 2.34. The highest BCUT2D eigenvalue weighted by molar-refractivity contribution is 7.85. The summed E-state index contributed by atoms with van der Waals surface area (Å²) >= 11 is 6.15. The lowest BCUT2D eigenvalue weighted by Crippen LogP contribution is -2.43. The van der Waals surface area contributed by atoms with Gasteiger partial charge in [0.25, 0.3) is 0 Å². The van der Waals surface area contributed by atoms with Crippen LogP contribution in [-0.2, 0) is 10.8 Å². The molecule has 1 aromatic rings. The van der Waals surface area contributed by atoms with Gasteiger partial charge in [0.15, 0.2) is 0 Å². The van der Waals surface area contributed by atoms with E-state index in [0.29, 0.717) is 16.9 Å². The molecule has 4 atom stereocenters. The highest BCUT2D eigenvalue weighted by Crippen LogP contribution is 2.34. The van der Waals surface area contributed by atoms with E-state index in [9.17, 15) is 4.21 Å². The Hall–Kier alpha value is -0.380. The largest absolute Gasteiger partial charge is 0.327 e. The Morgan fingerprint density at radius 3 is 2.63 bits per heavy atom. The summed E-state index contributed by atoms with van der Waals surface area (Å²) in [4.78, 5) is 0.731. The Bertz CT molecular complexity index is 463. The van der Waals surface area contributed by atoms with Crippen LogP contribution < -0.4 is 5.73 Å². The van der Waals surface area contributed by atoms with Crippen molar-refractivity contribution in [1.29, 1.82) is 0 Å². The fourth-order valence-corrected chi connectivity index (χ4v) is 4.84. The molecule has 2 nitrogen and oxygen atoms in total. The third kappa shape index (κ3) is 3.39. The lowest BCUT2D eigenvalue weighted by Gasteiger charge is -2.35. The van der Waals surface area contributed by atoms with Crippen molar-refractivity contribution in [3.8, 4) is 0 Å². The molecule has 4 heteroatoms. The molecule has 1 aliphatic rings. The number of benzene rings is 1. The molecule has 1 fully saturated rings. The molecule has 0 bridgehead atoms. The van der Waals surface area contributed by atoms with Crippen LogP contribution in [0.1, 0.15) is 33.1 Å². The molecule has 0 spiro atoms. The van der Waals surface area contributed by atoms with Crippen LogP contribution in [-0.4, -0.2) is 15.5 Å². The van der Waals surface area contributed by atoms with E-state index in [1.165, 1.54) is 0 Å². The quantitative estimate of drug-likeness (QED) is 0.926. The van der Waals surface area contributed by atoms with Gasteiger partial charge in [-0.15, -0.1) is 0 Å².